The maximum atomic E-state index is 12.4. The summed E-state index contributed by atoms with van der Waals surface area (Å²) in [4.78, 5) is 28.8. The first-order chi connectivity index (χ1) is 11.3. The van der Waals surface area contributed by atoms with Crippen molar-refractivity contribution in [3.8, 4) is 0 Å². The monoisotopic (exact) mass is 343 g/mol. The molecule has 0 aliphatic carbocycles. The number of amides is 1. The predicted octanol–water partition coefficient (Wildman–Crippen LogP) is 1.74. The number of halogens is 3. The number of hydrogen-bond acceptors (Lipinski definition) is 5. The van der Waals surface area contributed by atoms with E-state index in [1.165, 1.54) is 12.1 Å². The average molecular weight is 343 g/mol. The first-order valence-corrected chi connectivity index (χ1v) is 7.01. The maximum Gasteiger partial charge on any atom is 0.471 e. The van der Waals surface area contributed by atoms with Gasteiger partial charge in [0, 0.05) is 26.2 Å². The third-order valence-electron chi connectivity index (χ3n) is 3.71. The Hall–Kier alpha value is -2.78. The van der Waals surface area contributed by atoms with Crippen molar-refractivity contribution in [3.05, 3.63) is 23.8 Å². The number of carboxylic acid groups (broad SMARTS) is 1. The van der Waals surface area contributed by atoms with Crippen molar-refractivity contribution in [3.63, 3.8) is 0 Å². The van der Waals surface area contributed by atoms with Crippen molar-refractivity contribution in [2.24, 2.45) is 0 Å². The highest BCUT2D eigenvalue weighted by molar-refractivity contribution is 6.00. The van der Waals surface area contributed by atoms with Crippen molar-refractivity contribution < 1.29 is 32.3 Å². The molecule has 1 N–H and O–H groups in total. The highest BCUT2D eigenvalue weighted by Crippen LogP contribution is 2.26. The van der Waals surface area contributed by atoms with E-state index >= 15 is 0 Å². The number of alkyl halides is 3. The van der Waals surface area contributed by atoms with Gasteiger partial charge in [0.05, 0.1) is 0 Å². The van der Waals surface area contributed by atoms with Crippen LogP contribution in [0.4, 0.5) is 19.2 Å². The van der Waals surface area contributed by atoms with Gasteiger partial charge in [-0.25, -0.2) is 4.79 Å². The Bertz CT molecular complexity index is 794. The number of hydrogen-bond donors (Lipinski definition) is 1. The van der Waals surface area contributed by atoms with Gasteiger partial charge < -0.3 is 19.3 Å². The van der Waals surface area contributed by atoms with Crippen molar-refractivity contribution in [1.29, 1.82) is 0 Å². The van der Waals surface area contributed by atoms with E-state index < -0.39 is 18.1 Å². The number of aromatic nitrogens is 1. The molecule has 1 saturated heterocycles. The van der Waals surface area contributed by atoms with E-state index in [0.717, 1.165) is 4.90 Å². The lowest BCUT2D eigenvalue weighted by molar-refractivity contribution is -0.185. The summed E-state index contributed by atoms with van der Waals surface area (Å²) in [6.07, 6.45) is -4.89. The van der Waals surface area contributed by atoms with Crippen LogP contribution in [0.5, 0.6) is 0 Å². The lowest BCUT2D eigenvalue weighted by Crippen LogP contribution is -2.52. The second-order valence-electron chi connectivity index (χ2n) is 5.23. The molecule has 128 valence electrons. The quantitative estimate of drug-likeness (QED) is 0.894. The molecule has 1 aliphatic heterocycles. The second kappa shape index (κ2) is 5.69. The van der Waals surface area contributed by atoms with Crippen LogP contribution in [0.1, 0.15) is 10.4 Å². The van der Waals surface area contributed by atoms with Crippen LogP contribution in [-0.2, 0) is 4.79 Å². The lowest BCUT2D eigenvalue weighted by atomic mass is 10.2. The summed E-state index contributed by atoms with van der Waals surface area (Å²) >= 11 is 0. The van der Waals surface area contributed by atoms with Crippen LogP contribution in [0.3, 0.4) is 0 Å². The predicted molar refractivity (Wildman–Crippen MR) is 75.8 cm³/mol. The van der Waals surface area contributed by atoms with E-state index in [2.05, 4.69) is 4.98 Å². The van der Waals surface area contributed by atoms with Gasteiger partial charge in [-0.2, -0.15) is 18.2 Å². The van der Waals surface area contributed by atoms with Crippen molar-refractivity contribution in [2.75, 3.05) is 31.1 Å². The summed E-state index contributed by atoms with van der Waals surface area (Å²) < 4.78 is 42.7. The maximum absolute atomic E-state index is 12.4. The van der Waals surface area contributed by atoms with Gasteiger partial charge in [-0.15, -0.1) is 0 Å². The van der Waals surface area contributed by atoms with Gasteiger partial charge in [-0.1, -0.05) is 6.07 Å². The number of aromatic carboxylic acids is 1. The van der Waals surface area contributed by atoms with E-state index in [1.807, 2.05) is 0 Å². The molecule has 1 aromatic heterocycles. The van der Waals surface area contributed by atoms with E-state index in [1.54, 1.807) is 11.0 Å². The number of rotatable bonds is 2. The van der Waals surface area contributed by atoms with Gasteiger partial charge in [0.15, 0.2) is 5.58 Å². The zero-order chi connectivity index (χ0) is 17.5. The minimum absolute atomic E-state index is 0.0443. The van der Waals surface area contributed by atoms with Crippen LogP contribution >= 0.6 is 0 Å². The fraction of sp³-hybridized carbons (Fsp3) is 0.357. The number of carbonyl (C=O) groups excluding carboxylic acids is 1. The summed E-state index contributed by atoms with van der Waals surface area (Å²) in [6.45, 7) is -0.0280. The van der Waals surface area contributed by atoms with E-state index in [9.17, 15) is 22.8 Å². The van der Waals surface area contributed by atoms with E-state index in [4.69, 9.17) is 9.52 Å². The highest BCUT2D eigenvalue weighted by Gasteiger charge is 2.43. The highest BCUT2D eigenvalue weighted by atomic mass is 19.4. The van der Waals surface area contributed by atoms with Gasteiger partial charge in [0.25, 0.3) is 6.01 Å². The molecular formula is C14H12F3N3O4. The number of benzene rings is 1. The minimum atomic E-state index is -4.89. The second-order valence-corrected chi connectivity index (χ2v) is 5.23. The SMILES string of the molecule is O=C(O)c1cccc2nc(N3CCN(C(=O)C(F)(F)F)CC3)oc12. The van der Waals surface area contributed by atoms with Crippen LogP contribution < -0.4 is 4.90 Å². The summed E-state index contributed by atoms with van der Waals surface area (Å²) in [5, 5.41) is 9.12. The molecule has 2 aromatic rings. The molecule has 24 heavy (non-hydrogen) atoms. The Morgan fingerprint density at radius 1 is 1.17 bits per heavy atom. The first kappa shape index (κ1) is 16.1. The molecule has 0 atom stereocenters. The Balaban J connectivity index is 1.78. The number of anilines is 1. The van der Waals surface area contributed by atoms with Gasteiger partial charge in [-0.05, 0) is 12.1 Å². The molecule has 0 bridgehead atoms. The van der Waals surface area contributed by atoms with Crippen LogP contribution in [-0.4, -0.2) is 59.2 Å². The molecule has 3 rings (SSSR count). The standard InChI is InChI=1S/C14H12F3N3O4/c15-14(16,17)12(23)19-4-6-20(7-5-19)13-18-9-3-1-2-8(11(21)22)10(9)24-13/h1-3H,4-7H2,(H,21,22). The molecule has 1 aromatic carbocycles. The number of para-hydroxylation sites is 1. The largest absolute Gasteiger partial charge is 0.478 e. The zero-order valence-electron chi connectivity index (χ0n) is 12.2. The first-order valence-electron chi connectivity index (χ1n) is 7.01. The smallest absolute Gasteiger partial charge is 0.471 e. The average Bonchev–Trinajstić information content (AvgIpc) is 2.97. The van der Waals surface area contributed by atoms with Crippen LogP contribution in [0.2, 0.25) is 0 Å². The van der Waals surface area contributed by atoms with Gasteiger partial charge in [-0.3, -0.25) is 4.79 Å². The Kier molecular flexibility index (Phi) is 3.82. The fourth-order valence-electron chi connectivity index (χ4n) is 2.52. The Labute approximate surface area is 133 Å². The summed E-state index contributed by atoms with van der Waals surface area (Å²) in [5.41, 5.74) is 0.407. The van der Waals surface area contributed by atoms with Crippen LogP contribution in [0.15, 0.2) is 22.6 Å². The van der Waals surface area contributed by atoms with Gasteiger partial charge in [0.1, 0.15) is 11.1 Å². The normalized spacial score (nSPS) is 15.8. The Morgan fingerprint density at radius 3 is 2.42 bits per heavy atom. The molecule has 10 heteroatoms. The third-order valence-corrected chi connectivity index (χ3v) is 3.71. The molecule has 0 saturated carbocycles. The number of carboxylic acids is 1. The molecule has 1 fully saturated rings. The van der Waals surface area contributed by atoms with Crippen molar-refractivity contribution >= 4 is 29.0 Å². The zero-order valence-corrected chi connectivity index (χ0v) is 12.2. The number of oxazole rings is 1. The van der Waals surface area contributed by atoms with Crippen molar-refractivity contribution in [2.45, 2.75) is 6.18 Å². The van der Waals surface area contributed by atoms with E-state index in [-0.39, 0.29) is 43.3 Å². The number of nitrogens with zero attached hydrogens (tertiary/aromatic N) is 3. The lowest BCUT2D eigenvalue weighted by Gasteiger charge is -2.34. The van der Waals surface area contributed by atoms with Gasteiger partial charge in [0.2, 0.25) is 0 Å². The molecular weight excluding hydrogens is 331 g/mol. The fourth-order valence-corrected chi connectivity index (χ4v) is 2.52. The molecule has 0 unspecified atom stereocenters. The summed E-state index contributed by atoms with van der Waals surface area (Å²) in [6, 6.07) is 4.60. The minimum Gasteiger partial charge on any atom is -0.478 e. The van der Waals surface area contributed by atoms with Crippen LogP contribution in [0, 0.1) is 0 Å². The number of piperazine rings is 1. The Morgan fingerprint density at radius 2 is 1.83 bits per heavy atom. The number of fused-ring (bicyclic) bond motifs is 1. The molecule has 1 amide bonds. The molecule has 0 spiro atoms. The summed E-state index contributed by atoms with van der Waals surface area (Å²) in [5.74, 6) is -3.03. The molecule has 0 radical (unpaired) electrons. The molecule has 2 heterocycles. The topological polar surface area (TPSA) is 86.9 Å². The van der Waals surface area contributed by atoms with Gasteiger partial charge >= 0.3 is 18.1 Å². The molecule has 7 nitrogen and oxygen atoms in total. The van der Waals surface area contributed by atoms with Crippen molar-refractivity contribution in [1.82, 2.24) is 9.88 Å². The third kappa shape index (κ3) is 2.86. The number of carbonyl (C=O) groups is 2. The summed E-state index contributed by atoms with van der Waals surface area (Å²) in [7, 11) is 0. The van der Waals surface area contributed by atoms with E-state index in [0.29, 0.717) is 5.52 Å². The van der Waals surface area contributed by atoms with Crippen LogP contribution in [0.25, 0.3) is 11.1 Å². The molecule has 1 aliphatic rings.